The topological polar surface area (TPSA) is 3.24 Å². The van der Waals surface area contributed by atoms with Crippen LogP contribution in [0.15, 0.2) is 0 Å². The molecule has 1 aliphatic heterocycles. The lowest BCUT2D eigenvalue weighted by Crippen LogP contribution is -2.36. The Hall–Kier alpha value is 0.250. The smallest absolute Gasteiger partial charge is 0.0263 e. The van der Waals surface area contributed by atoms with Crippen LogP contribution in [0.3, 0.4) is 0 Å². The third-order valence-electron chi connectivity index (χ3n) is 3.65. The summed E-state index contributed by atoms with van der Waals surface area (Å²) >= 11 is 5.94. The van der Waals surface area contributed by atoms with E-state index in [2.05, 4.69) is 11.8 Å². The number of nitrogens with zero attached hydrogens (tertiary/aromatic N) is 1. The largest absolute Gasteiger partial charge is 0.303 e. The van der Waals surface area contributed by atoms with Crippen molar-refractivity contribution >= 4 is 11.6 Å². The number of unbranched alkanes of at least 4 members (excludes halogenated alkanes) is 5. The summed E-state index contributed by atoms with van der Waals surface area (Å²) in [6.07, 6.45) is 11.1. The molecule has 0 amide bonds. The van der Waals surface area contributed by atoms with Crippen molar-refractivity contribution in [3.05, 3.63) is 0 Å². The van der Waals surface area contributed by atoms with Crippen LogP contribution in [-0.4, -0.2) is 30.4 Å². The van der Waals surface area contributed by atoms with Gasteiger partial charge in [-0.25, -0.2) is 0 Å². The van der Waals surface area contributed by atoms with E-state index < -0.39 is 0 Å². The number of piperidine rings is 1. The van der Waals surface area contributed by atoms with Crippen molar-refractivity contribution in [1.29, 1.82) is 0 Å². The maximum atomic E-state index is 5.94. The number of hydrogen-bond donors (Lipinski definition) is 0. The van der Waals surface area contributed by atoms with Crippen LogP contribution in [0.2, 0.25) is 0 Å². The van der Waals surface area contributed by atoms with Crippen molar-refractivity contribution < 1.29 is 0 Å². The van der Waals surface area contributed by atoms with Crippen LogP contribution >= 0.6 is 11.6 Å². The van der Waals surface area contributed by atoms with Crippen LogP contribution < -0.4 is 0 Å². The highest BCUT2D eigenvalue weighted by Crippen LogP contribution is 2.18. The van der Waals surface area contributed by atoms with Gasteiger partial charge in [-0.15, -0.1) is 11.6 Å². The molecule has 96 valence electrons. The van der Waals surface area contributed by atoms with Gasteiger partial charge < -0.3 is 4.90 Å². The van der Waals surface area contributed by atoms with Gasteiger partial charge in [0.2, 0.25) is 0 Å². The zero-order valence-corrected chi connectivity index (χ0v) is 11.6. The maximum absolute atomic E-state index is 5.94. The van der Waals surface area contributed by atoms with E-state index in [0.29, 0.717) is 0 Å². The first-order valence-electron chi connectivity index (χ1n) is 7.15. The molecule has 0 aliphatic carbocycles. The summed E-state index contributed by atoms with van der Waals surface area (Å²) in [5.74, 6) is 1.61. The van der Waals surface area contributed by atoms with E-state index in [4.69, 9.17) is 11.6 Å². The molecule has 0 aromatic carbocycles. The average Bonchev–Trinajstić information content (AvgIpc) is 2.34. The van der Waals surface area contributed by atoms with Crippen molar-refractivity contribution in [2.75, 3.05) is 25.5 Å². The second kappa shape index (κ2) is 9.30. The van der Waals surface area contributed by atoms with Crippen LogP contribution in [-0.2, 0) is 0 Å². The lowest BCUT2D eigenvalue weighted by Gasteiger charge is -2.31. The van der Waals surface area contributed by atoms with Crippen LogP contribution in [0, 0.1) is 5.92 Å². The fraction of sp³-hybridized carbons (Fsp3) is 1.00. The van der Waals surface area contributed by atoms with E-state index in [1.165, 1.54) is 71.0 Å². The minimum atomic E-state index is 0.760. The van der Waals surface area contributed by atoms with Gasteiger partial charge in [-0.3, -0.25) is 0 Å². The summed E-state index contributed by atoms with van der Waals surface area (Å²) in [4.78, 5) is 2.62. The summed E-state index contributed by atoms with van der Waals surface area (Å²) in [6.45, 7) is 6.14. The third kappa shape index (κ3) is 6.10. The van der Waals surface area contributed by atoms with E-state index >= 15 is 0 Å². The number of likely N-dealkylation sites (tertiary alicyclic amines) is 1. The summed E-state index contributed by atoms with van der Waals surface area (Å²) in [7, 11) is 0. The molecule has 16 heavy (non-hydrogen) atoms. The fourth-order valence-corrected chi connectivity index (χ4v) is 2.85. The Kier molecular flexibility index (Phi) is 8.32. The molecule has 2 heteroatoms. The Morgan fingerprint density at radius 3 is 2.62 bits per heavy atom. The van der Waals surface area contributed by atoms with Gasteiger partial charge in [-0.2, -0.15) is 0 Å². The van der Waals surface area contributed by atoms with Crippen molar-refractivity contribution in [2.45, 2.75) is 58.3 Å². The molecule has 1 aliphatic rings. The molecule has 0 aromatic rings. The van der Waals surface area contributed by atoms with E-state index in [-0.39, 0.29) is 0 Å². The number of halogens is 1. The maximum Gasteiger partial charge on any atom is 0.0263 e. The summed E-state index contributed by atoms with van der Waals surface area (Å²) in [6, 6.07) is 0. The lowest BCUT2D eigenvalue weighted by molar-refractivity contribution is 0.182. The molecular formula is C14H28ClN. The molecule has 1 atom stereocenters. The predicted octanol–water partition coefficient (Wildman–Crippen LogP) is 4.30. The van der Waals surface area contributed by atoms with Gasteiger partial charge in [0.05, 0.1) is 0 Å². The minimum Gasteiger partial charge on any atom is -0.303 e. The Balaban J connectivity index is 1.95. The molecule has 0 bridgehead atoms. The van der Waals surface area contributed by atoms with Crippen molar-refractivity contribution in [3.63, 3.8) is 0 Å². The minimum absolute atomic E-state index is 0.760. The highest BCUT2D eigenvalue weighted by molar-refractivity contribution is 6.18. The monoisotopic (exact) mass is 245 g/mol. The van der Waals surface area contributed by atoms with Crippen molar-refractivity contribution in [1.82, 2.24) is 4.90 Å². The summed E-state index contributed by atoms with van der Waals surface area (Å²) in [5.41, 5.74) is 0. The molecule has 0 saturated carbocycles. The first-order chi connectivity index (χ1) is 7.86. The first kappa shape index (κ1) is 14.3. The molecule has 0 radical (unpaired) electrons. The van der Waals surface area contributed by atoms with Gasteiger partial charge in [0, 0.05) is 12.4 Å². The number of hydrogen-bond acceptors (Lipinski definition) is 1. The zero-order valence-electron chi connectivity index (χ0n) is 10.9. The Morgan fingerprint density at radius 1 is 1.12 bits per heavy atom. The van der Waals surface area contributed by atoms with Crippen molar-refractivity contribution in [3.8, 4) is 0 Å². The van der Waals surface area contributed by atoms with E-state index in [1.54, 1.807) is 0 Å². The lowest BCUT2D eigenvalue weighted by atomic mass is 10.00. The molecule has 1 unspecified atom stereocenters. The first-order valence-corrected chi connectivity index (χ1v) is 7.68. The normalized spacial score (nSPS) is 22.5. The average molecular weight is 246 g/mol. The van der Waals surface area contributed by atoms with E-state index in [9.17, 15) is 0 Å². The van der Waals surface area contributed by atoms with E-state index in [1.807, 2.05) is 0 Å². The Morgan fingerprint density at radius 2 is 1.88 bits per heavy atom. The number of alkyl halides is 1. The summed E-state index contributed by atoms with van der Waals surface area (Å²) < 4.78 is 0. The van der Waals surface area contributed by atoms with Crippen LogP contribution in [0.5, 0.6) is 0 Å². The second-order valence-corrected chi connectivity index (χ2v) is 5.54. The van der Waals surface area contributed by atoms with Crippen LogP contribution in [0.4, 0.5) is 0 Å². The second-order valence-electron chi connectivity index (χ2n) is 5.23. The van der Waals surface area contributed by atoms with E-state index in [0.717, 1.165) is 11.8 Å². The standard InChI is InChI=1S/C14H28ClN/c1-2-3-4-5-6-7-10-16-11-8-9-14(12-15)13-16/h14H,2-13H2,1H3. The molecule has 1 heterocycles. The number of rotatable bonds is 8. The molecule has 0 N–H and O–H groups in total. The van der Waals surface area contributed by atoms with Crippen molar-refractivity contribution in [2.24, 2.45) is 5.92 Å². The molecule has 1 saturated heterocycles. The summed E-state index contributed by atoms with van der Waals surface area (Å²) in [5, 5.41) is 0. The van der Waals surface area contributed by atoms with Gasteiger partial charge in [0.1, 0.15) is 0 Å². The quantitative estimate of drug-likeness (QED) is 0.455. The van der Waals surface area contributed by atoms with Crippen LogP contribution in [0.1, 0.15) is 58.3 Å². The van der Waals surface area contributed by atoms with Gasteiger partial charge in [0.25, 0.3) is 0 Å². The van der Waals surface area contributed by atoms with Gasteiger partial charge >= 0.3 is 0 Å². The molecule has 0 spiro atoms. The molecule has 1 fully saturated rings. The molecule has 1 nitrogen and oxygen atoms in total. The van der Waals surface area contributed by atoms with Gasteiger partial charge in [-0.1, -0.05) is 39.0 Å². The van der Waals surface area contributed by atoms with Gasteiger partial charge in [0.15, 0.2) is 0 Å². The Bertz CT molecular complexity index is 161. The highest BCUT2D eigenvalue weighted by Gasteiger charge is 2.18. The Labute approximate surface area is 107 Å². The molecular weight excluding hydrogens is 218 g/mol. The zero-order chi connectivity index (χ0) is 11.6. The fourth-order valence-electron chi connectivity index (χ4n) is 2.60. The SMILES string of the molecule is CCCCCCCCN1CCCC(CCl)C1. The molecule has 1 rings (SSSR count). The predicted molar refractivity (Wildman–Crippen MR) is 73.3 cm³/mol. The third-order valence-corrected chi connectivity index (χ3v) is 4.09. The van der Waals surface area contributed by atoms with Gasteiger partial charge in [-0.05, 0) is 38.3 Å². The molecule has 0 aromatic heterocycles. The highest BCUT2D eigenvalue weighted by atomic mass is 35.5. The van der Waals surface area contributed by atoms with Crippen LogP contribution in [0.25, 0.3) is 0 Å².